The van der Waals surface area contributed by atoms with Crippen LogP contribution in [0.2, 0.25) is 0 Å². The van der Waals surface area contributed by atoms with Gasteiger partial charge < -0.3 is 15.2 Å². The van der Waals surface area contributed by atoms with Crippen molar-refractivity contribution in [2.75, 3.05) is 24.3 Å². The zero-order chi connectivity index (χ0) is 19.0. The molecule has 0 unspecified atom stereocenters. The quantitative estimate of drug-likeness (QED) is 0.499. The first-order valence-electron chi connectivity index (χ1n) is 8.94. The molecule has 29 heavy (non-hydrogen) atoms. The molecule has 0 amide bonds. The molecule has 0 aliphatic heterocycles. The summed E-state index contributed by atoms with van der Waals surface area (Å²) >= 11 is 0. The lowest BCUT2D eigenvalue weighted by Gasteiger charge is -2.13. The zero-order valence-electron chi connectivity index (χ0n) is 16.5. The third-order valence-electron chi connectivity index (χ3n) is 4.76. The molecule has 4 aromatic rings. The molecule has 0 bridgehead atoms. The first kappa shape index (κ1) is 22.5. The summed E-state index contributed by atoms with van der Waals surface area (Å²) in [5.41, 5.74) is 4.69. The van der Waals surface area contributed by atoms with E-state index in [-0.39, 0.29) is 30.5 Å². The molecule has 4 rings (SSSR count). The van der Waals surface area contributed by atoms with E-state index >= 15 is 0 Å². The number of aryl methyl sites for hydroxylation is 1. The average molecular weight is 435 g/mol. The van der Waals surface area contributed by atoms with Gasteiger partial charge >= 0.3 is 5.69 Å². The van der Waals surface area contributed by atoms with E-state index in [1.54, 1.807) is 10.9 Å². The van der Waals surface area contributed by atoms with Crippen LogP contribution >= 0.6 is 24.8 Å². The van der Waals surface area contributed by atoms with E-state index < -0.39 is 0 Å². The number of anilines is 2. The molecule has 7 nitrogen and oxygen atoms in total. The molecule has 0 atom stereocenters. The molecule has 0 saturated heterocycles. The van der Waals surface area contributed by atoms with Crippen LogP contribution in [0.15, 0.2) is 47.5 Å². The Morgan fingerprint density at radius 3 is 2.48 bits per heavy atom. The van der Waals surface area contributed by atoms with Gasteiger partial charge in [-0.25, -0.2) is 14.8 Å². The molecule has 0 aliphatic rings. The molecule has 0 aliphatic carbocycles. The van der Waals surface area contributed by atoms with Crippen molar-refractivity contribution >= 4 is 58.3 Å². The Hall–Kier alpha value is -2.77. The molecular weight excluding hydrogens is 411 g/mol. The minimum absolute atomic E-state index is 0. The van der Waals surface area contributed by atoms with Crippen molar-refractivity contribution in [1.82, 2.24) is 19.5 Å². The number of aromatic nitrogens is 4. The van der Waals surface area contributed by atoms with Crippen molar-refractivity contribution < 1.29 is 0 Å². The van der Waals surface area contributed by atoms with Gasteiger partial charge in [-0.05, 0) is 36.8 Å². The van der Waals surface area contributed by atoms with E-state index in [0.717, 1.165) is 33.4 Å². The van der Waals surface area contributed by atoms with E-state index in [4.69, 9.17) is 0 Å². The molecule has 0 spiro atoms. The number of imidazole rings is 1. The number of hydrogen-bond donors (Lipinski definition) is 2. The van der Waals surface area contributed by atoms with Gasteiger partial charge in [-0.3, -0.25) is 4.57 Å². The molecule has 2 aromatic heterocycles. The summed E-state index contributed by atoms with van der Waals surface area (Å²) in [5.74, 6) is 0.753. The monoisotopic (exact) mass is 434 g/mol. The van der Waals surface area contributed by atoms with Crippen LogP contribution in [0.4, 0.5) is 11.5 Å². The second-order valence-corrected chi connectivity index (χ2v) is 6.70. The molecule has 2 heterocycles. The minimum Gasteiger partial charge on any atom is -0.378 e. The number of nitrogens with one attached hydrogen (secondary N) is 2. The van der Waals surface area contributed by atoms with Gasteiger partial charge in [-0.15, -0.1) is 24.8 Å². The number of nitrogens with zero attached hydrogens (tertiary/aromatic N) is 4. The molecule has 0 fully saturated rings. The van der Waals surface area contributed by atoms with E-state index in [9.17, 15) is 4.79 Å². The van der Waals surface area contributed by atoms with Gasteiger partial charge in [0.15, 0.2) is 0 Å². The summed E-state index contributed by atoms with van der Waals surface area (Å²) in [7, 11) is 4.05. The number of halogens is 2. The molecule has 0 radical (unpaired) electrons. The van der Waals surface area contributed by atoms with E-state index in [2.05, 4.69) is 49.4 Å². The predicted molar refractivity (Wildman–Crippen MR) is 124 cm³/mol. The van der Waals surface area contributed by atoms with Gasteiger partial charge in [0.05, 0.1) is 16.6 Å². The van der Waals surface area contributed by atoms with Crippen LogP contribution in [0, 0.1) is 0 Å². The van der Waals surface area contributed by atoms with Crippen LogP contribution in [0.25, 0.3) is 21.9 Å². The van der Waals surface area contributed by atoms with Gasteiger partial charge in [0.25, 0.3) is 0 Å². The smallest absolute Gasteiger partial charge is 0.326 e. The van der Waals surface area contributed by atoms with Gasteiger partial charge in [0, 0.05) is 38.3 Å². The van der Waals surface area contributed by atoms with E-state index in [1.807, 2.05) is 33.2 Å². The van der Waals surface area contributed by atoms with Gasteiger partial charge in [-0.1, -0.05) is 12.1 Å². The molecule has 2 N–H and O–H groups in total. The van der Waals surface area contributed by atoms with Crippen molar-refractivity contribution in [3.63, 3.8) is 0 Å². The van der Waals surface area contributed by atoms with Crippen molar-refractivity contribution in [1.29, 1.82) is 0 Å². The molecule has 0 saturated carbocycles. The van der Waals surface area contributed by atoms with Crippen LogP contribution in [0.3, 0.4) is 0 Å². The van der Waals surface area contributed by atoms with E-state index in [0.29, 0.717) is 13.1 Å². The van der Waals surface area contributed by atoms with Crippen LogP contribution in [-0.2, 0) is 13.1 Å². The number of hydrogen-bond acceptors (Lipinski definition) is 5. The van der Waals surface area contributed by atoms with Crippen LogP contribution < -0.4 is 15.9 Å². The summed E-state index contributed by atoms with van der Waals surface area (Å²) in [6.45, 7) is 3.22. The van der Waals surface area contributed by atoms with Crippen molar-refractivity contribution in [3.05, 3.63) is 58.8 Å². The summed E-state index contributed by atoms with van der Waals surface area (Å²) in [4.78, 5) is 25.8. The highest BCUT2D eigenvalue weighted by molar-refractivity contribution is 5.98. The maximum absolute atomic E-state index is 12.1. The fourth-order valence-corrected chi connectivity index (χ4v) is 3.26. The van der Waals surface area contributed by atoms with Gasteiger partial charge in [0.1, 0.15) is 12.1 Å². The lowest BCUT2D eigenvalue weighted by molar-refractivity contribution is 0.753. The predicted octanol–water partition coefficient (Wildman–Crippen LogP) is 3.81. The van der Waals surface area contributed by atoms with Crippen LogP contribution in [0.1, 0.15) is 12.5 Å². The fraction of sp³-hybridized carbons (Fsp3) is 0.250. The standard InChI is InChI=1S/C20H22N6O.2ClH/c1-4-26-18-10-16-15(9-17(18)24-20(26)27)19(23-12-22-16)21-11-13-5-7-14(8-6-13)25(2)3;;/h5-10,12H,4,11H2,1-3H3,(H,24,27)(H,21,22,23);2*1H. The Balaban J connectivity index is 0.00000150. The highest BCUT2D eigenvalue weighted by Crippen LogP contribution is 2.24. The third-order valence-corrected chi connectivity index (χ3v) is 4.76. The summed E-state index contributed by atoms with van der Waals surface area (Å²) < 4.78 is 1.70. The highest BCUT2D eigenvalue weighted by Gasteiger charge is 2.10. The number of fused-ring (bicyclic) bond motifs is 2. The second kappa shape index (κ2) is 9.15. The summed E-state index contributed by atoms with van der Waals surface area (Å²) in [6, 6.07) is 12.3. The highest BCUT2D eigenvalue weighted by atomic mass is 35.5. The maximum Gasteiger partial charge on any atom is 0.326 e. The lowest BCUT2D eigenvalue weighted by Crippen LogP contribution is -2.14. The Kier molecular flexibility index (Phi) is 7.11. The van der Waals surface area contributed by atoms with Crippen LogP contribution in [-0.4, -0.2) is 33.6 Å². The molecule has 9 heteroatoms. The van der Waals surface area contributed by atoms with Crippen molar-refractivity contribution in [3.8, 4) is 0 Å². The van der Waals surface area contributed by atoms with Gasteiger partial charge in [-0.2, -0.15) is 0 Å². The Bertz CT molecular complexity index is 1170. The van der Waals surface area contributed by atoms with E-state index in [1.165, 1.54) is 5.56 Å². The Morgan fingerprint density at radius 2 is 1.83 bits per heavy atom. The largest absolute Gasteiger partial charge is 0.378 e. The number of rotatable bonds is 5. The molecule has 154 valence electrons. The third kappa shape index (κ3) is 4.31. The Labute approximate surface area is 181 Å². The second-order valence-electron chi connectivity index (χ2n) is 6.70. The average Bonchev–Trinajstić information content (AvgIpc) is 2.98. The normalized spacial score (nSPS) is 10.4. The molecule has 2 aromatic carbocycles. The van der Waals surface area contributed by atoms with Gasteiger partial charge in [0.2, 0.25) is 0 Å². The molecular formula is C20H24Cl2N6O. The first-order chi connectivity index (χ1) is 13.1. The summed E-state index contributed by atoms with van der Waals surface area (Å²) in [6.07, 6.45) is 1.55. The zero-order valence-corrected chi connectivity index (χ0v) is 18.1. The lowest BCUT2D eigenvalue weighted by atomic mass is 10.2. The fourth-order valence-electron chi connectivity index (χ4n) is 3.26. The number of benzene rings is 2. The maximum atomic E-state index is 12.1. The van der Waals surface area contributed by atoms with Crippen molar-refractivity contribution in [2.24, 2.45) is 0 Å². The van der Waals surface area contributed by atoms with Crippen LogP contribution in [0.5, 0.6) is 0 Å². The topological polar surface area (TPSA) is 78.8 Å². The first-order valence-corrected chi connectivity index (χ1v) is 8.94. The summed E-state index contributed by atoms with van der Waals surface area (Å²) in [5, 5.41) is 4.28. The van der Waals surface area contributed by atoms with Crippen molar-refractivity contribution in [2.45, 2.75) is 20.0 Å². The Morgan fingerprint density at radius 1 is 1.10 bits per heavy atom. The minimum atomic E-state index is -0.105. The SMILES string of the molecule is CCn1c(=O)[nH]c2cc3c(NCc4ccc(N(C)C)cc4)ncnc3cc21.Cl.Cl. The number of H-pyrrole nitrogens is 1. The number of aromatic amines is 1.